The molecule has 1 aromatic heterocycles. The van der Waals surface area contributed by atoms with E-state index in [-0.39, 0.29) is 6.04 Å². The lowest BCUT2D eigenvalue weighted by Gasteiger charge is -2.14. The molecular weight excluding hydrogens is 258 g/mol. The molecule has 1 atom stereocenters. The zero-order valence-electron chi connectivity index (χ0n) is 11.2. The van der Waals surface area contributed by atoms with Crippen molar-refractivity contribution in [1.82, 2.24) is 4.98 Å². The summed E-state index contributed by atoms with van der Waals surface area (Å²) in [5.41, 5.74) is 7.74. The second-order valence-corrected chi connectivity index (χ2v) is 5.89. The van der Waals surface area contributed by atoms with Gasteiger partial charge in [0.2, 0.25) is 5.91 Å². The Balaban J connectivity index is 2.12. The van der Waals surface area contributed by atoms with Crippen LogP contribution in [0.5, 0.6) is 0 Å². The third kappa shape index (κ3) is 3.12. The third-order valence-corrected chi connectivity index (χ3v) is 3.80. The molecule has 5 heteroatoms. The number of nitrogens with two attached hydrogens (primary N) is 1. The fraction of sp³-hybridized carbons (Fsp3) is 0.286. The lowest BCUT2D eigenvalue weighted by atomic mass is 10.1. The summed E-state index contributed by atoms with van der Waals surface area (Å²) in [6, 6.07) is 7.27. The van der Waals surface area contributed by atoms with Gasteiger partial charge in [0.1, 0.15) is 0 Å². The molecule has 1 amide bonds. The Labute approximate surface area is 116 Å². The van der Waals surface area contributed by atoms with E-state index in [9.17, 15) is 4.79 Å². The topological polar surface area (TPSA) is 68.0 Å². The van der Waals surface area contributed by atoms with Crippen LogP contribution in [0.3, 0.4) is 0 Å². The molecule has 0 aliphatic carbocycles. The first-order chi connectivity index (χ1) is 8.97. The molecule has 3 N–H and O–H groups in total. The fourth-order valence-electron chi connectivity index (χ4n) is 2.00. The lowest BCUT2D eigenvalue weighted by Crippen LogP contribution is -2.11. The number of nitrogens with zero attached hydrogens (tertiary/aromatic N) is 1. The lowest BCUT2D eigenvalue weighted by molar-refractivity contribution is 0.100. The van der Waals surface area contributed by atoms with Crippen molar-refractivity contribution in [2.45, 2.75) is 26.8 Å². The highest BCUT2D eigenvalue weighted by Crippen LogP contribution is 2.25. The fourth-order valence-corrected chi connectivity index (χ4v) is 2.91. The van der Waals surface area contributed by atoms with Crippen LogP contribution in [0.25, 0.3) is 0 Å². The first-order valence-electron chi connectivity index (χ1n) is 6.07. The van der Waals surface area contributed by atoms with Crippen LogP contribution in [0.4, 0.5) is 5.69 Å². The molecule has 0 fully saturated rings. The van der Waals surface area contributed by atoms with Gasteiger partial charge in [-0.25, -0.2) is 4.98 Å². The summed E-state index contributed by atoms with van der Waals surface area (Å²) in [7, 11) is 0. The molecule has 0 spiro atoms. The summed E-state index contributed by atoms with van der Waals surface area (Å²) in [5, 5.41) is 4.44. The normalized spacial score (nSPS) is 12.2. The number of nitrogens with one attached hydrogen (secondary N) is 1. The molecule has 1 heterocycles. The van der Waals surface area contributed by atoms with Crippen molar-refractivity contribution in [1.29, 1.82) is 0 Å². The van der Waals surface area contributed by atoms with Gasteiger partial charge >= 0.3 is 0 Å². The quantitative estimate of drug-likeness (QED) is 0.901. The number of benzene rings is 1. The second kappa shape index (κ2) is 5.40. The van der Waals surface area contributed by atoms with Crippen LogP contribution in [0.15, 0.2) is 24.3 Å². The molecule has 0 aliphatic rings. The summed E-state index contributed by atoms with van der Waals surface area (Å²) in [6.07, 6.45) is 0. The molecule has 2 rings (SSSR count). The maximum atomic E-state index is 11.0. The molecule has 19 heavy (non-hydrogen) atoms. The van der Waals surface area contributed by atoms with Gasteiger partial charge in [0.15, 0.2) is 0 Å². The Morgan fingerprint density at radius 2 is 1.95 bits per heavy atom. The van der Waals surface area contributed by atoms with E-state index in [1.54, 1.807) is 23.5 Å². The first kappa shape index (κ1) is 13.5. The van der Waals surface area contributed by atoms with Gasteiger partial charge in [0.05, 0.1) is 16.7 Å². The molecule has 100 valence electrons. The van der Waals surface area contributed by atoms with Crippen LogP contribution in [-0.4, -0.2) is 10.9 Å². The monoisotopic (exact) mass is 275 g/mol. The predicted octanol–water partition coefficient (Wildman–Crippen LogP) is 3.03. The Morgan fingerprint density at radius 1 is 1.32 bits per heavy atom. The highest BCUT2D eigenvalue weighted by atomic mass is 32.1. The minimum atomic E-state index is -0.412. The molecule has 2 aromatic rings. The SMILES string of the molecule is Cc1nc(C(C)Nc2ccc(C(N)=O)cc2)c(C)s1. The number of hydrogen-bond acceptors (Lipinski definition) is 4. The molecule has 0 aliphatic heterocycles. The Hall–Kier alpha value is -1.88. The number of aryl methyl sites for hydroxylation is 2. The van der Waals surface area contributed by atoms with Gasteiger partial charge in [-0.3, -0.25) is 4.79 Å². The number of thiazole rings is 1. The smallest absolute Gasteiger partial charge is 0.248 e. The Bertz CT molecular complexity index is 589. The average Bonchev–Trinajstić information content (AvgIpc) is 2.69. The van der Waals surface area contributed by atoms with Gasteiger partial charge in [-0.05, 0) is 45.0 Å². The zero-order chi connectivity index (χ0) is 14.0. The van der Waals surface area contributed by atoms with Crippen molar-refractivity contribution in [3.8, 4) is 0 Å². The van der Waals surface area contributed by atoms with Gasteiger partial charge in [-0.1, -0.05) is 0 Å². The van der Waals surface area contributed by atoms with Crippen LogP contribution in [-0.2, 0) is 0 Å². The summed E-state index contributed by atoms with van der Waals surface area (Å²) in [4.78, 5) is 16.8. The maximum Gasteiger partial charge on any atom is 0.248 e. The Kier molecular flexibility index (Phi) is 3.85. The van der Waals surface area contributed by atoms with E-state index in [1.165, 1.54) is 4.88 Å². The van der Waals surface area contributed by atoms with Crippen molar-refractivity contribution >= 4 is 22.9 Å². The summed E-state index contributed by atoms with van der Waals surface area (Å²) in [5.74, 6) is -0.412. The van der Waals surface area contributed by atoms with Crippen molar-refractivity contribution in [3.63, 3.8) is 0 Å². The number of anilines is 1. The van der Waals surface area contributed by atoms with Crippen molar-refractivity contribution in [2.24, 2.45) is 5.73 Å². The predicted molar refractivity (Wildman–Crippen MR) is 78.6 cm³/mol. The standard InChI is InChI=1S/C14H17N3OS/c1-8(13-9(2)19-10(3)17-13)16-12-6-4-11(5-7-12)14(15)18/h4-8,16H,1-3H3,(H2,15,18). The van der Waals surface area contributed by atoms with Crippen LogP contribution in [0.1, 0.15) is 38.9 Å². The number of amides is 1. The highest BCUT2D eigenvalue weighted by molar-refractivity contribution is 7.11. The van der Waals surface area contributed by atoms with Crippen LogP contribution < -0.4 is 11.1 Å². The third-order valence-electron chi connectivity index (χ3n) is 2.90. The summed E-state index contributed by atoms with van der Waals surface area (Å²) < 4.78 is 0. The summed E-state index contributed by atoms with van der Waals surface area (Å²) in [6.45, 7) is 6.16. The van der Waals surface area contributed by atoms with Crippen LogP contribution in [0.2, 0.25) is 0 Å². The molecular formula is C14H17N3OS. The Morgan fingerprint density at radius 3 is 2.42 bits per heavy atom. The van der Waals surface area contributed by atoms with E-state index in [2.05, 4.69) is 24.1 Å². The molecule has 0 bridgehead atoms. The van der Waals surface area contributed by atoms with Gasteiger partial charge in [0, 0.05) is 16.1 Å². The van der Waals surface area contributed by atoms with Gasteiger partial charge in [-0.15, -0.1) is 11.3 Å². The number of carbonyl (C=O) groups is 1. The largest absolute Gasteiger partial charge is 0.377 e. The van der Waals surface area contributed by atoms with Crippen molar-refractivity contribution in [3.05, 3.63) is 45.4 Å². The minimum Gasteiger partial charge on any atom is -0.377 e. The number of rotatable bonds is 4. The van der Waals surface area contributed by atoms with E-state index >= 15 is 0 Å². The molecule has 0 radical (unpaired) electrons. The second-order valence-electron chi connectivity index (χ2n) is 4.48. The van der Waals surface area contributed by atoms with Crippen molar-refractivity contribution in [2.75, 3.05) is 5.32 Å². The molecule has 0 saturated heterocycles. The van der Waals surface area contributed by atoms with Crippen LogP contribution in [0, 0.1) is 13.8 Å². The molecule has 1 aromatic carbocycles. The molecule has 1 unspecified atom stereocenters. The molecule has 0 saturated carbocycles. The van der Waals surface area contributed by atoms with E-state index in [4.69, 9.17) is 5.73 Å². The minimum absolute atomic E-state index is 0.129. The molecule has 4 nitrogen and oxygen atoms in total. The number of hydrogen-bond donors (Lipinski definition) is 2. The highest BCUT2D eigenvalue weighted by Gasteiger charge is 2.13. The number of carbonyl (C=O) groups excluding carboxylic acids is 1. The van der Waals surface area contributed by atoms with E-state index < -0.39 is 5.91 Å². The zero-order valence-corrected chi connectivity index (χ0v) is 12.0. The van der Waals surface area contributed by atoms with E-state index in [0.29, 0.717) is 5.56 Å². The first-order valence-corrected chi connectivity index (χ1v) is 6.89. The average molecular weight is 275 g/mol. The van der Waals surface area contributed by atoms with Gasteiger partial charge < -0.3 is 11.1 Å². The van der Waals surface area contributed by atoms with E-state index in [0.717, 1.165) is 16.4 Å². The van der Waals surface area contributed by atoms with Crippen LogP contribution >= 0.6 is 11.3 Å². The van der Waals surface area contributed by atoms with E-state index in [1.807, 2.05) is 19.1 Å². The summed E-state index contributed by atoms with van der Waals surface area (Å²) >= 11 is 1.70. The number of primary amides is 1. The van der Waals surface area contributed by atoms with Gasteiger partial charge in [0.25, 0.3) is 0 Å². The van der Waals surface area contributed by atoms with Gasteiger partial charge in [-0.2, -0.15) is 0 Å². The maximum absolute atomic E-state index is 11.0. The number of aromatic nitrogens is 1. The van der Waals surface area contributed by atoms with Crippen molar-refractivity contribution < 1.29 is 4.79 Å².